The van der Waals surface area contributed by atoms with Gasteiger partial charge in [-0.15, -0.1) is 0 Å². The molecule has 1 unspecified atom stereocenters. The molecule has 0 saturated carbocycles. The number of amides is 1. The van der Waals surface area contributed by atoms with Crippen molar-refractivity contribution in [2.24, 2.45) is 0 Å². The number of aromatic nitrogens is 1. The highest BCUT2D eigenvalue weighted by molar-refractivity contribution is 6.34. The van der Waals surface area contributed by atoms with Gasteiger partial charge in [-0.1, -0.05) is 35.9 Å². The summed E-state index contributed by atoms with van der Waals surface area (Å²) in [6.45, 7) is 3.75. The number of fused-ring (bicyclic) bond motifs is 1. The summed E-state index contributed by atoms with van der Waals surface area (Å²) in [7, 11) is 0. The first-order valence-electron chi connectivity index (χ1n) is 6.60. The molecule has 1 fully saturated rings. The average Bonchev–Trinajstić information content (AvgIpc) is 2.48. The van der Waals surface area contributed by atoms with Crippen LogP contribution in [-0.4, -0.2) is 41.6 Å². The zero-order valence-electron chi connectivity index (χ0n) is 11.2. The molecule has 1 aliphatic heterocycles. The quantitative estimate of drug-likeness (QED) is 0.759. The number of halogens is 1. The van der Waals surface area contributed by atoms with Crippen LogP contribution in [0.15, 0.2) is 30.5 Å². The van der Waals surface area contributed by atoms with Crippen molar-refractivity contribution in [2.45, 2.75) is 13.0 Å². The van der Waals surface area contributed by atoms with E-state index in [-0.39, 0.29) is 11.9 Å². The number of benzene rings is 1. The summed E-state index contributed by atoms with van der Waals surface area (Å²) >= 11 is 6.09. The minimum absolute atomic E-state index is 0.0128. The molecule has 2 heterocycles. The van der Waals surface area contributed by atoms with Crippen LogP contribution in [0.5, 0.6) is 0 Å². The minimum Gasteiger partial charge on any atom is -0.377 e. The average molecular weight is 291 g/mol. The van der Waals surface area contributed by atoms with Crippen LogP contribution in [-0.2, 0) is 4.74 Å². The summed E-state index contributed by atoms with van der Waals surface area (Å²) in [5.74, 6) is -0.0128. The largest absolute Gasteiger partial charge is 0.377 e. The van der Waals surface area contributed by atoms with E-state index < -0.39 is 0 Å². The van der Waals surface area contributed by atoms with Gasteiger partial charge in [-0.2, -0.15) is 0 Å². The van der Waals surface area contributed by atoms with Crippen molar-refractivity contribution in [3.8, 4) is 0 Å². The van der Waals surface area contributed by atoms with Gasteiger partial charge in [0.25, 0.3) is 5.91 Å². The third-order valence-electron chi connectivity index (χ3n) is 3.61. The standard InChI is InChI=1S/C15H15ClN2O2/c1-10-9-20-7-6-18(10)15(19)13-8-17-14(16)12-5-3-2-4-11(12)13/h2-5,8,10H,6-7,9H2,1H3. The Labute approximate surface area is 122 Å². The lowest BCUT2D eigenvalue weighted by molar-refractivity contribution is 0.00368. The van der Waals surface area contributed by atoms with Crippen LogP contribution in [0.1, 0.15) is 17.3 Å². The Morgan fingerprint density at radius 2 is 2.15 bits per heavy atom. The smallest absolute Gasteiger partial charge is 0.256 e. The van der Waals surface area contributed by atoms with Gasteiger partial charge in [0.15, 0.2) is 0 Å². The van der Waals surface area contributed by atoms with Crippen molar-refractivity contribution in [3.63, 3.8) is 0 Å². The zero-order valence-corrected chi connectivity index (χ0v) is 11.9. The predicted octanol–water partition coefficient (Wildman–Crippen LogP) is 2.75. The third-order valence-corrected chi connectivity index (χ3v) is 3.91. The normalized spacial score (nSPS) is 19.3. The second kappa shape index (κ2) is 5.38. The summed E-state index contributed by atoms with van der Waals surface area (Å²) < 4.78 is 5.37. The van der Waals surface area contributed by atoms with Gasteiger partial charge >= 0.3 is 0 Å². The van der Waals surface area contributed by atoms with Crippen molar-refractivity contribution in [2.75, 3.05) is 19.8 Å². The Balaban J connectivity index is 2.06. The molecule has 0 spiro atoms. The van der Waals surface area contributed by atoms with E-state index in [4.69, 9.17) is 16.3 Å². The lowest BCUT2D eigenvalue weighted by Crippen LogP contribution is -2.47. The van der Waals surface area contributed by atoms with E-state index in [9.17, 15) is 4.79 Å². The number of ether oxygens (including phenoxy) is 1. The molecule has 3 rings (SSSR count). The van der Waals surface area contributed by atoms with E-state index in [2.05, 4.69) is 4.98 Å². The zero-order chi connectivity index (χ0) is 14.1. The summed E-state index contributed by atoms with van der Waals surface area (Å²) in [6.07, 6.45) is 1.56. The fourth-order valence-electron chi connectivity index (χ4n) is 2.51. The fraction of sp³-hybridized carbons (Fsp3) is 0.333. The third kappa shape index (κ3) is 2.25. The van der Waals surface area contributed by atoms with Gasteiger partial charge in [-0.3, -0.25) is 4.79 Å². The first-order valence-corrected chi connectivity index (χ1v) is 6.98. The first kappa shape index (κ1) is 13.3. The minimum atomic E-state index is -0.0128. The van der Waals surface area contributed by atoms with E-state index in [1.54, 1.807) is 6.20 Å². The molecule has 0 aliphatic carbocycles. The van der Waals surface area contributed by atoms with Crippen molar-refractivity contribution in [1.29, 1.82) is 0 Å². The van der Waals surface area contributed by atoms with Gasteiger partial charge < -0.3 is 9.64 Å². The Bertz CT molecular complexity index is 659. The summed E-state index contributed by atoms with van der Waals surface area (Å²) in [5.41, 5.74) is 0.596. The highest BCUT2D eigenvalue weighted by atomic mass is 35.5. The van der Waals surface area contributed by atoms with Crippen molar-refractivity contribution in [1.82, 2.24) is 9.88 Å². The molecule has 1 aromatic heterocycles. The van der Waals surface area contributed by atoms with Gasteiger partial charge in [0.2, 0.25) is 0 Å². The maximum Gasteiger partial charge on any atom is 0.256 e. The highest BCUT2D eigenvalue weighted by Crippen LogP contribution is 2.25. The molecular weight excluding hydrogens is 276 g/mol. The number of carbonyl (C=O) groups excluding carboxylic acids is 1. The molecule has 0 radical (unpaired) electrons. The molecule has 1 aromatic carbocycles. The summed E-state index contributed by atoms with van der Waals surface area (Å²) in [6, 6.07) is 7.65. The number of hydrogen-bond acceptors (Lipinski definition) is 3. The predicted molar refractivity (Wildman–Crippen MR) is 78.1 cm³/mol. The topological polar surface area (TPSA) is 42.4 Å². The number of pyridine rings is 1. The molecule has 20 heavy (non-hydrogen) atoms. The van der Waals surface area contributed by atoms with Crippen LogP contribution >= 0.6 is 11.6 Å². The molecule has 1 aliphatic rings. The van der Waals surface area contributed by atoms with Gasteiger partial charge in [0.05, 0.1) is 24.8 Å². The van der Waals surface area contributed by atoms with Crippen molar-refractivity contribution < 1.29 is 9.53 Å². The number of hydrogen-bond donors (Lipinski definition) is 0. The highest BCUT2D eigenvalue weighted by Gasteiger charge is 2.26. The molecule has 1 atom stereocenters. The number of nitrogens with zero attached hydrogens (tertiary/aromatic N) is 2. The Kier molecular flexibility index (Phi) is 3.59. The monoisotopic (exact) mass is 290 g/mol. The Morgan fingerprint density at radius 1 is 1.40 bits per heavy atom. The van der Waals surface area contributed by atoms with Gasteiger partial charge in [0, 0.05) is 18.1 Å². The van der Waals surface area contributed by atoms with Crippen LogP contribution in [0.2, 0.25) is 5.15 Å². The molecule has 5 heteroatoms. The van der Waals surface area contributed by atoms with Gasteiger partial charge in [-0.25, -0.2) is 4.98 Å². The van der Waals surface area contributed by atoms with Gasteiger partial charge in [0.1, 0.15) is 5.15 Å². The van der Waals surface area contributed by atoms with Crippen LogP contribution in [0.4, 0.5) is 0 Å². The molecule has 1 amide bonds. The summed E-state index contributed by atoms with van der Waals surface area (Å²) in [4.78, 5) is 18.7. The van der Waals surface area contributed by atoms with E-state index in [1.165, 1.54) is 0 Å². The molecule has 2 aromatic rings. The molecule has 4 nitrogen and oxygen atoms in total. The number of carbonyl (C=O) groups is 1. The molecule has 0 N–H and O–H groups in total. The van der Waals surface area contributed by atoms with Crippen LogP contribution < -0.4 is 0 Å². The Morgan fingerprint density at radius 3 is 2.90 bits per heavy atom. The van der Waals surface area contributed by atoms with Crippen LogP contribution in [0, 0.1) is 0 Å². The number of morpholine rings is 1. The number of rotatable bonds is 1. The Hall–Kier alpha value is -1.65. The lowest BCUT2D eigenvalue weighted by Gasteiger charge is -2.33. The maximum atomic E-state index is 12.7. The van der Waals surface area contributed by atoms with Crippen molar-refractivity contribution in [3.05, 3.63) is 41.2 Å². The summed E-state index contributed by atoms with van der Waals surface area (Å²) in [5, 5.41) is 2.07. The molecule has 104 valence electrons. The second-order valence-corrected chi connectivity index (χ2v) is 5.29. The lowest BCUT2D eigenvalue weighted by atomic mass is 10.1. The van der Waals surface area contributed by atoms with E-state index >= 15 is 0 Å². The van der Waals surface area contributed by atoms with E-state index in [1.807, 2.05) is 36.1 Å². The van der Waals surface area contributed by atoms with Crippen LogP contribution in [0.25, 0.3) is 10.8 Å². The van der Waals surface area contributed by atoms with Crippen molar-refractivity contribution >= 4 is 28.3 Å². The molecule has 1 saturated heterocycles. The SMILES string of the molecule is CC1COCCN1C(=O)c1cnc(Cl)c2ccccc12. The van der Waals surface area contributed by atoms with Crippen LogP contribution in [0.3, 0.4) is 0 Å². The molecular formula is C15H15ClN2O2. The fourth-order valence-corrected chi connectivity index (χ4v) is 2.73. The van der Waals surface area contributed by atoms with Gasteiger partial charge in [-0.05, 0) is 12.3 Å². The first-order chi connectivity index (χ1) is 9.68. The van der Waals surface area contributed by atoms with E-state index in [0.717, 1.165) is 10.8 Å². The maximum absolute atomic E-state index is 12.7. The second-order valence-electron chi connectivity index (χ2n) is 4.93. The molecule has 0 bridgehead atoms. The van der Waals surface area contributed by atoms with E-state index in [0.29, 0.717) is 30.5 Å².